The first-order valence-electron chi connectivity index (χ1n) is 12.0. The first kappa shape index (κ1) is 25.9. The first-order valence-corrected chi connectivity index (χ1v) is 18.4. The van der Waals surface area contributed by atoms with Gasteiger partial charge in [-0.05, 0) is 88.6 Å². The second-order valence-corrected chi connectivity index (χ2v) is 22.0. The summed E-state index contributed by atoms with van der Waals surface area (Å²) in [5.74, 6) is 7.59. The normalized spacial score (nSPS) is 27.9. The largest absolute Gasteiger partial charge is 0.414 e. The molecule has 0 spiro atoms. The van der Waals surface area contributed by atoms with Crippen LogP contribution in [0.3, 0.4) is 0 Å². The molecule has 0 saturated heterocycles. The molecule has 1 fully saturated rings. The molecular weight excluding hydrogens is 400 g/mol. The van der Waals surface area contributed by atoms with Gasteiger partial charge in [0.05, 0.1) is 0 Å². The van der Waals surface area contributed by atoms with Crippen LogP contribution >= 0.6 is 0 Å². The van der Waals surface area contributed by atoms with Crippen LogP contribution in [-0.4, -0.2) is 28.3 Å². The van der Waals surface area contributed by atoms with E-state index in [2.05, 4.69) is 92.2 Å². The van der Waals surface area contributed by atoms with Gasteiger partial charge < -0.3 is 8.85 Å². The highest BCUT2D eigenvalue weighted by Gasteiger charge is 2.48. The molecule has 30 heavy (non-hydrogen) atoms. The van der Waals surface area contributed by atoms with Crippen molar-refractivity contribution >= 4 is 16.6 Å². The molecule has 0 radical (unpaired) electrons. The summed E-state index contributed by atoms with van der Waals surface area (Å²) in [6.45, 7) is 25.2. The number of fused-ring (bicyclic) bond motifs is 1. The summed E-state index contributed by atoms with van der Waals surface area (Å²) >= 11 is 0. The van der Waals surface area contributed by atoms with Crippen LogP contribution in [0, 0.1) is 23.2 Å². The number of allylic oxidation sites excluding steroid dienone is 2. The van der Waals surface area contributed by atoms with Gasteiger partial charge in [-0.15, -0.1) is 0 Å². The van der Waals surface area contributed by atoms with Crippen molar-refractivity contribution < 1.29 is 8.85 Å². The van der Waals surface area contributed by atoms with Gasteiger partial charge in [0.1, 0.15) is 5.60 Å². The average molecular weight is 449 g/mol. The number of hydrogen-bond donors (Lipinski definition) is 0. The van der Waals surface area contributed by atoms with E-state index in [4.69, 9.17) is 8.85 Å². The quantitative estimate of drug-likeness (QED) is 0.233. The van der Waals surface area contributed by atoms with Gasteiger partial charge in [-0.2, -0.15) is 0 Å². The van der Waals surface area contributed by atoms with Gasteiger partial charge in [0.25, 0.3) is 0 Å². The molecule has 1 saturated carbocycles. The van der Waals surface area contributed by atoms with Crippen LogP contribution in [0.5, 0.6) is 0 Å². The number of hydrogen-bond acceptors (Lipinski definition) is 2. The summed E-state index contributed by atoms with van der Waals surface area (Å²) in [5.41, 5.74) is 1.58. The third-order valence-electron chi connectivity index (χ3n) is 7.53. The van der Waals surface area contributed by atoms with Crippen LogP contribution in [0.25, 0.3) is 0 Å². The van der Waals surface area contributed by atoms with Crippen LogP contribution in [0.4, 0.5) is 0 Å². The molecular formula is C26H48O2Si2. The monoisotopic (exact) mass is 448 g/mol. The molecule has 0 aromatic rings. The minimum atomic E-state index is -1.81. The van der Waals surface area contributed by atoms with E-state index in [-0.39, 0.29) is 10.6 Å². The average Bonchev–Trinajstić information content (AvgIpc) is 2.85. The van der Waals surface area contributed by atoms with Crippen molar-refractivity contribution in [3.05, 3.63) is 11.6 Å². The van der Waals surface area contributed by atoms with Crippen molar-refractivity contribution in [2.45, 2.75) is 130 Å². The Morgan fingerprint density at radius 3 is 2.30 bits per heavy atom. The Labute approximate surface area is 189 Å². The van der Waals surface area contributed by atoms with Gasteiger partial charge in [-0.1, -0.05) is 57.6 Å². The van der Waals surface area contributed by atoms with Crippen LogP contribution in [0.1, 0.15) is 80.1 Å². The van der Waals surface area contributed by atoms with Crippen LogP contribution in [-0.2, 0) is 8.85 Å². The Balaban J connectivity index is 1.98. The fourth-order valence-electron chi connectivity index (χ4n) is 5.05. The fraction of sp³-hybridized carbons (Fsp3) is 0.846. The van der Waals surface area contributed by atoms with Crippen molar-refractivity contribution in [1.82, 2.24) is 0 Å². The molecule has 0 N–H and O–H groups in total. The lowest BCUT2D eigenvalue weighted by atomic mass is 9.64. The predicted octanol–water partition coefficient (Wildman–Crippen LogP) is 7.93. The lowest BCUT2D eigenvalue weighted by molar-refractivity contribution is 0.0225. The summed E-state index contributed by atoms with van der Waals surface area (Å²) in [6, 6.07) is 0. The molecule has 4 heteroatoms. The van der Waals surface area contributed by atoms with Crippen molar-refractivity contribution in [3.8, 4) is 11.8 Å². The van der Waals surface area contributed by atoms with E-state index in [9.17, 15) is 0 Å². The summed E-state index contributed by atoms with van der Waals surface area (Å²) in [6.07, 6.45) is 10.0. The van der Waals surface area contributed by atoms with E-state index in [1.165, 1.54) is 25.7 Å². The highest BCUT2D eigenvalue weighted by atomic mass is 28.4. The van der Waals surface area contributed by atoms with E-state index in [1.54, 1.807) is 5.57 Å². The van der Waals surface area contributed by atoms with E-state index < -0.39 is 16.6 Å². The van der Waals surface area contributed by atoms with Gasteiger partial charge in [0.2, 0.25) is 0 Å². The Bertz CT molecular complexity index is 697. The molecule has 2 rings (SSSR count). The minimum absolute atomic E-state index is 0.208. The molecule has 0 aromatic carbocycles. The summed E-state index contributed by atoms with van der Waals surface area (Å²) < 4.78 is 13.2. The molecule has 0 amide bonds. The van der Waals surface area contributed by atoms with Crippen LogP contribution in [0.2, 0.25) is 37.8 Å². The van der Waals surface area contributed by atoms with E-state index in [0.717, 1.165) is 12.8 Å². The SMILES string of the molecule is CC(C)(C#CCCC1=CC[C@H]2[C@@H](O[Si](C)(C)C)CCC[C@]12C)O[Si](C)(C)C(C)(C)C. The fourth-order valence-corrected chi connectivity index (χ4v) is 7.88. The van der Waals surface area contributed by atoms with Crippen molar-refractivity contribution in [1.29, 1.82) is 0 Å². The molecule has 172 valence electrons. The molecule has 0 aliphatic heterocycles. The highest BCUT2D eigenvalue weighted by Crippen LogP contribution is 2.54. The second-order valence-electron chi connectivity index (χ2n) is 12.8. The second kappa shape index (κ2) is 8.89. The Kier molecular flexibility index (Phi) is 7.68. The Morgan fingerprint density at radius 1 is 1.10 bits per heavy atom. The first-order chi connectivity index (χ1) is 13.5. The molecule has 0 bridgehead atoms. The van der Waals surface area contributed by atoms with Crippen molar-refractivity contribution in [3.63, 3.8) is 0 Å². The highest BCUT2D eigenvalue weighted by molar-refractivity contribution is 6.74. The van der Waals surface area contributed by atoms with E-state index in [1.807, 2.05) is 0 Å². The molecule has 0 heterocycles. The summed E-state index contributed by atoms with van der Waals surface area (Å²) in [5, 5.41) is 0.208. The van der Waals surface area contributed by atoms with E-state index in [0.29, 0.717) is 17.4 Å². The van der Waals surface area contributed by atoms with Gasteiger partial charge in [0, 0.05) is 12.5 Å². The standard InChI is InChI=1S/C26H48O2Si2/c1-24(2,3)30(10,11)28-25(4,5)19-13-12-15-21-17-18-22-23(27-29(7,8)9)16-14-20-26(21,22)6/h17,22-23H,12,14-16,18,20H2,1-11H3/t22-,23-,26+/m0/s1. The predicted molar refractivity (Wildman–Crippen MR) is 136 cm³/mol. The minimum Gasteiger partial charge on any atom is -0.414 e. The van der Waals surface area contributed by atoms with Crippen molar-refractivity contribution in [2.75, 3.05) is 0 Å². The zero-order valence-corrected chi connectivity index (χ0v) is 23.8. The van der Waals surface area contributed by atoms with Gasteiger partial charge >= 0.3 is 0 Å². The maximum atomic E-state index is 6.62. The smallest absolute Gasteiger partial charge is 0.194 e. The maximum Gasteiger partial charge on any atom is 0.194 e. The zero-order chi connectivity index (χ0) is 23.0. The Morgan fingerprint density at radius 2 is 1.73 bits per heavy atom. The van der Waals surface area contributed by atoms with Gasteiger partial charge in [-0.3, -0.25) is 0 Å². The van der Waals surface area contributed by atoms with Crippen LogP contribution < -0.4 is 0 Å². The zero-order valence-electron chi connectivity index (χ0n) is 21.8. The molecule has 3 atom stereocenters. The lowest BCUT2D eigenvalue weighted by Gasteiger charge is -2.45. The van der Waals surface area contributed by atoms with Gasteiger partial charge in [-0.25, -0.2) is 0 Å². The van der Waals surface area contributed by atoms with E-state index >= 15 is 0 Å². The molecule has 2 nitrogen and oxygen atoms in total. The summed E-state index contributed by atoms with van der Waals surface area (Å²) in [4.78, 5) is 0. The van der Waals surface area contributed by atoms with Crippen molar-refractivity contribution in [2.24, 2.45) is 11.3 Å². The number of rotatable bonds is 6. The maximum absolute atomic E-state index is 6.62. The van der Waals surface area contributed by atoms with Crippen LogP contribution in [0.15, 0.2) is 11.6 Å². The lowest BCUT2D eigenvalue weighted by Crippen LogP contribution is -2.47. The summed E-state index contributed by atoms with van der Waals surface area (Å²) in [7, 11) is -3.31. The molecule has 2 aliphatic rings. The molecule has 2 aliphatic carbocycles. The Hall–Kier alpha value is -0.346. The third kappa shape index (κ3) is 6.34. The molecule has 0 unspecified atom stereocenters. The third-order valence-corrected chi connectivity index (χ3v) is 13.2. The molecule has 0 aromatic heterocycles. The van der Waals surface area contributed by atoms with Gasteiger partial charge in [0.15, 0.2) is 16.6 Å². The topological polar surface area (TPSA) is 18.5 Å².